The summed E-state index contributed by atoms with van der Waals surface area (Å²) in [6, 6.07) is 0. The summed E-state index contributed by atoms with van der Waals surface area (Å²) in [6.45, 7) is 1.37. The van der Waals surface area contributed by atoms with Crippen LogP contribution in [0.4, 0.5) is 4.39 Å². The zero-order valence-corrected chi connectivity index (χ0v) is 7.49. The Morgan fingerprint density at radius 1 is 1.85 bits per heavy atom. The number of alkyl halides is 1. The molecule has 5 heteroatoms. The quantitative estimate of drug-likeness (QED) is 0.768. The summed E-state index contributed by atoms with van der Waals surface area (Å²) < 4.78 is 14.3. The van der Waals surface area contributed by atoms with Crippen molar-refractivity contribution in [2.24, 2.45) is 7.05 Å². The summed E-state index contributed by atoms with van der Waals surface area (Å²) in [6.07, 6.45) is 0.0861. The number of carboxylic acids is 1. The molecule has 4 nitrogen and oxygen atoms in total. The average molecular weight is 186 g/mol. The zero-order chi connectivity index (χ0) is 10.0. The van der Waals surface area contributed by atoms with Crippen LogP contribution >= 0.6 is 0 Å². The molecule has 0 fully saturated rings. The smallest absolute Gasteiger partial charge is 0.309 e. The van der Waals surface area contributed by atoms with Gasteiger partial charge in [0.05, 0.1) is 6.42 Å². The lowest BCUT2D eigenvalue weighted by Gasteiger charge is -2.04. The zero-order valence-electron chi connectivity index (χ0n) is 7.49. The van der Waals surface area contributed by atoms with E-state index in [0.29, 0.717) is 5.69 Å². The molecule has 0 aliphatic rings. The minimum Gasteiger partial charge on any atom is -0.481 e. The van der Waals surface area contributed by atoms with Crippen molar-refractivity contribution >= 4 is 5.97 Å². The van der Waals surface area contributed by atoms with Crippen molar-refractivity contribution in [1.29, 1.82) is 0 Å². The first-order valence-electron chi connectivity index (χ1n) is 3.88. The lowest BCUT2D eigenvalue weighted by molar-refractivity contribution is -0.136. The van der Waals surface area contributed by atoms with E-state index >= 15 is 0 Å². The van der Waals surface area contributed by atoms with Gasteiger partial charge in [0.25, 0.3) is 0 Å². The van der Waals surface area contributed by atoms with Crippen LogP contribution in [0.1, 0.15) is 24.6 Å². The van der Waals surface area contributed by atoms with Crippen LogP contribution in [0.25, 0.3) is 0 Å². The van der Waals surface area contributed by atoms with Gasteiger partial charge in [-0.1, -0.05) is 0 Å². The first kappa shape index (κ1) is 9.70. The summed E-state index contributed by atoms with van der Waals surface area (Å²) in [4.78, 5) is 14.2. The van der Waals surface area contributed by atoms with E-state index in [1.54, 1.807) is 7.05 Å². The Morgan fingerprint density at radius 3 is 2.85 bits per heavy atom. The fourth-order valence-corrected chi connectivity index (χ4v) is 1.15. The number of hydrogen-bond acceptors (Lipinski definition) is 2. The highest BCUT2D eigenvalue weighted by molar-refractivity contribution is 5.69. The molecule has 0 aromatic carbocycles. The van der Waals surface area contributed by atoms with Gasteiger partial charge in [-0.05, 0) is 6.92 Å². The van der Waals surface area contributed by atoms with E-state index in [4.69, 9.17) is 5.11 Å². The van der Waals surface area contributed by atoms with E-state index in [1.807, 2.05) is 0 Å². The SMILES string of the molecule is CC(F)c1ncc(CC(=O)O)n1C. The Kier molecular flexibility index (Phi) is 2.65. The van der Waals surface area contributed by atoms with Crippen LogP contribution in [-0.4, -0.2) is 20.6 Å². The summed E-state index contributed by atoms with van der Waals surface area (Å²) >= 11 is 0. The number of halogens is 1. The summed E-state index contributed by atoms with van der Waals surface area (Å²) in [5, 5.41) is 8.50. The van der Waals surface area contributed by atoms with Crippen LogP contribution in [-0.2, 0) is 18.3 Å². The number of hydrogen-bond donors (Lipinski definition) is 1. The highest BCUT2D eigenvalue weighted by atomic mass is 19.1. The van der Waals surface area contributed by atoms with E-state index in [0.717, 1.165) is 0 Å². The predicted octanol–water partition coefficient (Wildman–Crippen LogP) is 1.08. The van der Waals surface area contributed by atoms with Crippen LogP contribution in [0.5, 0.6) is 0 Å². The number of aliphatic carboxylic acids is 1. The molecule has 0 radical (unpaired) electrons. The van der Waals surface area contributed by atoms with Gasteiger partial charge in [0.2, 0.25) is 0 Å². The minimum absolute atomic E-state index is 0.129. The standard InChI is InChI=1S/C8H11FN2O2/c1-5(9)8-10-4-6(11(8)2)3-7(12)13/h4-5H,3H2,1-2H3,(H,12,13). The van der Waals surface area contributed by atoms with Crippen molar-refractivity contribution in [3.63, 3.8) is 0 Å². The molecule has 1 aromatic rings. The van der Waals surface area contributed by atoms with Crippen LogP contribution in [0.15, 0.2) is 6.20 Å². The summed E-state index contributed by atoms with van der Waals surface area (Å²) in [7, 11) is 1.61. The van der Waals surface area contributed by atoms with Crippen molar-refractivity contribution in [2.45, 2.75) is 19.5 Å². The molecule has 13 heavy (non-hydrogen) atoms. The van der Waals surface area contributed by atoms with Crippen molar-refractivity contribution in [3.05, 3.63) is 17.7 Å². The van der Waals surface area contributed by atoms with E-state index in [9.17, 15) is 9.18 Å². The molecule has 0 saturated carbocycles. The molecule has 0 spiro atoms. The van der Waals surface area contributed by atoms with Gasteiger partial charge in [0.1, 0.15) is 5.82 Å². The second-order valence-electron chi connectivity index (χ2n) is 2.85. The Balaban J connectivity index is 2.92. The van der Waals surface area contributed by atoms with Crippen LogP contribution in [0, 0.1) is 0 Å². The highest BCUT2D eigenvalue weighted by Gasteiger charge is 2.13. The molecule has 1 atom stereocenters. The summed E-state index contributed by atoms with van der Waals surface area (Å²) in [5.41, 5.74) is 0.506. The second-order valence-corrected chi connectivity index (χ2v) is 2.85. The van der Waals surface area contributed by atoms with Gasteiger partial charge >= 0.3 is 5.97 Å². The molecule has 0 saturated heterocycles. The third kappa shape index (κ3) is 2.05. The monoisotopic (exact) mass is 186 g/mol. The molecule has 0 amide bonds. The van der Waals surface area contributed by atoms with Gasteiger partial charge in [-0.3, -0.25) is 4.79 Å². The van der Waals surface area contributed by atoms with E-state index in [2.05, 4.69) is 4.98 Å². The number of aromatic nitrogens is 2. The van der Waals surface area contributed by atoms with E-state index < -0.39 is 12.1 Å². The van der Waals surface area contributed by atoms with Gasteiger partial charge in [-0.2, -0.15) is 0 Å². The maximum Gasteiger partial charge on any atom is 0.309 e. The molecule has 0 aliphatic carbocycles. The number of rotatable bonds is 3. The first-order chi connectivity index (χ1) is 6.02. The summed E-state index contributed by atoms with van der Waals surface area (Å²) in [5.74, 6) is -0.683. The Hall–Kier alpha value is -1.39. The largest absolute Gasteiger partial charge is 0.481 e. The highest BCUT2D eigenvalue weighted by Crippen LogP contribution is 2.15. The van der Waals surface area contributed by atoms with Crippen molar-refractivity contribution in [3.8, 4) is 0 Å². The van der Waals surface area contributed by atoms with Gasteiger partial charge in [-0.25, -0.2) is 9.37 Å². The molecule has 0 aliphatic heterocycles. The lowest BCUT2D eigenvalue weighted by Crippen LogP contribution is -2.07. The van der Waals surface area contributed by atoms with Crippen LogP contribution < -0.4 is 0 Å². The molecule has 1 N–H and O–H groups in total. The molecule has 1 rings (SSSR count). The number of nitrogens with zero attached hydrogens (tertiary/aromatic N) is 2. The maximum atomic E-state index is 12.8. The molecule has 0 bridgehead atoms. The van der Waals surface area contributed by atoms with E-state index in [-0.39, 0.29) is 12.2 Å². The molecular formula is C8H11FN2O2. The Labute approximate surface area is 75.0 Å². The van der Waals surface area contributed by atoms with Gasteiger partial charge in [0.15, 0.2) is 6.17 Å². The fourth-order valence-electron chi connectivity index (χ4n) is 1.15. The third-order valence-corrected chi connectivity index (χ3v) is 1.81. The fraction of sp³-hybridized carbons (Fsp3) is 0.500. The molecule has 1 heterocycles. The predicted molar refractivity (Wildman–Crippen MR) is 44.1 cm³/mol. The maximum absolute atomic E-state index is 12.8. The topological polar surface area (TPSA) is 55.1 Å². The third-order valence-electron chi connectivity index (χ3n) is 1.81. The van der Waals surface area contributed by atoms with Crippen molar-refractivity contribution in [2.75, 3.05) is 0 Å². The van der Waals surface area contributed by atoms with Crippen LogP contribution in [0.3, 0.4) is 0 Å². The van der Waals surface area contributed by atoms with Gasteiger partial charge in [-0.15, -0.1) is 0 Å². The average Bonchev–Trinajstić information content (AvgIpc) is 2.32. The minimum atomic E-state index is -1.17. The van der Waals surface area contributed by atoms with Crippen molar-refractivity contribution in [1.82, 2.24) is 9.55 Å². The number of carbonyl (C=O) groups is 1. The Bertz CT molecular complexity index is 320. The first-order valence-corrected chi connectivity index (χ1v) is 3.88. The van der Waals surface area contributed by atoms with Gasteiger partial charge < -0.3 is 9.67 Å². The number of imidazole rings is 1. The van der Waals surface area contributed by atoms with E-state index in [1.165, 1.54) is 17.7 Å². The molecular weight excluding hydrogens is 175 g/mol. The van der Waals surface area contributed by atoms with Crippen molar-refractivity contribution < 1.29 is 14.3 Å². The molecule has 72 valence electrons. The molecule has 1 aromatic heterocycles. The lowest BCUT2D eigenvalue weighted by atomic mass is 10.3. The normalized spacial score (nSPS) is 12.8. The number of carboxylic acid groups (broad SMARTS) is 1. The Morgan fingerprint density at radius 2 is 2.46 bits per heavy atom. The van der Waals surface area contributed by atoms with Crippen LogP contribution in [0.2, 0.25) is 0 Å². The molecule has 1 unspecified atom stereocenters. The van der Waals surface area contributed by atoms with Gasteiger partial charge in [0, 0.05) is 18.9 Å². The second kappa shape index (κ2) is 3.55.